The molecule has 0 aromatic heterocycles. The summed E-state index contributed by atoms with van der Waals surface area (Å²) in [5.74, 6) is 0. The van der Waals surface area contributed by atoms with E-state index in [0.717, 1.165) is 25.7 Å². The van der Waals surface area contributed by atoms with Gasteiger partial charge < -0.3 is 5.11 Å². The second kappa shape index (κ2) is 12.3. The molecule has 0 bridgehead atoms. The van der Waals surface area contributed by atoms with Gasteiger partial charge in [-0.3, -0.25) is 0 Å². The Morgan fingerprint density at radius 1 is 0.667 bits per heavy atom. The predicted octanol–water partition coefficient (Wildman–Crippen LogP) is 5.72. The highest BCUT2D eigenvalue weighted by molar-refractivity contribution is 7.81. The Labute approximate surface area is 120 Å². The Morgan fingerprint density at radius 3 is 1.50 bits per heavy atom. The van der Waals surface area contributed by atoms with E-state index < -0.39 is 4.93 Å². The molecule has 18 heavy (non-hydrogen) atoms. The highest BCUT2D eigenvalue weighted by atomic mass is 32.1. The first-order chi connectivity index (χ1) is 8.62. The Balaban J connectivity index is 3.30. The monoisotopic (exact) mass is 274 g/mol. The van der Waals surface area contributed by atoms with Gasteiger partial charge in [0.05, 0.1) is 0 Å². The van der Waals surface area contributed by atoms with E-state index in [2.05, 4.69) is 26.5 Å². The highest BCUT2D eigenvalue weighted by Gasteiger charge is 2.19. The normalized spacial score (nSPS) is 14.7. The van der Waals surface area contributed by atoms with Crippen LogP contribution in [-0.4, -0.2) is 10.0 Å². The maximum atomic E-state index is 10.1. The average Bonchev–Trinajstić information content (AvgIpc) is 2.33. The second-order valence-electron chi connectivity index (χ2n) is 5.66. The molecule has 0 aromatic rings. The van der Waals surface area contributed by atoms with Crippen molar-refractivity contribution in [1.29, 1.82) is 0 Å². The minimum atomic E-state index is -0.711. The van der Waals surface area contributed by atoms with E-state index in [-0.39, 0.29) is 0 Å². The minimum absolute atomic E-state index is 0.711. The van der Waals surface area contributed by atoms with Crippen molar-refractivity contribution in [3.05, 3.63) is 0 Å². The molecular formula is C16H34OS. The zero-order valence-corrected chi connectivity index (χ0v) is 13.5. The molecule has 0 spiro atoms. The van der Waals surface area contributed by atoms with Crippen LogP contribution in [0.4, 0.5) is 0 Å². The molecule has 0 rings (SSSR count). The van der Waals surface area contributed by atoms with E-state index in [1.165, 1.54) is 57.8 Å². The maximum absolute atomic E-state index is 10.1. The van der Waals surface area contributed by atoms with Gasteiger partial charge in [0, 0.05) is 0 Å². The lowest BCUT2D eigenvalue weighted by Gasteiger charge is -2.22. The molecule has 0 aliphatic carbocycles. The molecule has 2 heteroatoms. The fourth-order valence-corrected chi connectivity index (χ4v) is 2.64. The lowest BCUT2D eigenvalue weighted by molar-refractivity contribution is 0.113. The molecule has 0 amide bonds. The fraction of sp³-hybridized carbons (Fsp3) is 1.00. The molecule has 0 aliphatic rings. The lowest BCUT2D eigenvalue weighted by atomic mass is 10.0. The summed E-state index contributed by atoms with van der Waals surface area (Å²) in [5.41, 5.74) is 0. The quantitative estimate of drug-likeness (QED) is 0.250. The van der Waals surface area contributed by atoms with Crippen LogP contribution in [0.1, 0.15) is 97.3 Å². The van der Waals surface area contributed by atoms with Crippen molar-refractivity contribution >= 4 is 12.6 Å². The number of thiol groups is 1. The SMILES string of the molecule is CCCCCCCCCCC(O)(S)CCCCC. The van der Waals surface area contributed by atoms with Crippen LogP contribution in [0.3, 0.4) is 0 Å². The molecule has 0 aromatic carbocycles. The smallest absolute Gasteiger partial charge is 0.107 e. The van der Waals surface area contributed by atoms with Crippen molar-refractivity contribution in [1.82, 2.24) is 0 Å². The third kappa shape index (κ3) is 12.8. The van der Waals surface area contributed by atoms with Gasteiger partial charge in [0.25, 0.3) is 0 Å². The predicted molar refractivity (Wildman–Crippen MR) is 85.3 cm³/mol. The summed E-state index contributed by atoms with van der Waals surface area (Å²) in [5, 5.41) is 10.1. The molecule has 0 radical (unpaired) electrons. The van der Waals surface area contributed by atoms with E-state index in [1.54, 1.807) is 0 Å². The van der Waals surface area contributed by atoms with Crippen LogP contribution in [0.15, 0.2) is 0 Å². The maximum Gasteiger partial charge on any atom is 0.107 e. The van der Waals surface area contributed by atoms with E-state index >= 15 is 0 Å². The third-order valence-corrected chi connectivity index (χ3v) is 4.06. The molecule has 0 saturated carbocycles. The van der Waals surface area contributed by atoms with E-state index in [9.17, 15) is 5.11 Å². The summed E-state index contributed by atoms with van der Waals surface area (Å²) in [6.45, 7) is 4.45. The van der Waals surface area contributed by atoms with Gasteiger partial charge in [0.15, 0.2) is 0 Å². The van der Waals surface area contributed by atoms with Crippen molar-refractivity contribution in [2.75, 3.05) is 0 Å². The first-order valence-corrected chi connectivity index (χ1v) is 8.52. The first-order valence-electron chi connectivity index (χ1n) is 8.07. The van der Waals surface area contributed by atoms with Gasteiger partial charge >= 0.3 is 0 Å². The third-order valence-electron chi connectivity index (χ3n) is 3.61. The topological polar surface area (TPSA) is 20.2 Å². The Morgan fingerprint density at radius 2 is 1.00 bits per heavy atom. The Hall–Kier alpha value is 0.310. The van der Waals surface area contributed by atoms with E-state index in [0.29, 0.717) is 0 Å². The van der Waals surface area contributed by atoms with Crippen LogP contribution >= 0.6 is 12.6 Å². The summed E-state index contributed by atoms with van der Waals surface area (Å²) in [6, 6.07) is 0. The Kier molecular flexibility index (Phi) is 12.6. The molecule has 1 unspecified atom stereocenters. The molecule has 110 valence electrons. The van der Waals surface area contributed by atoms with E-state index in [1.807, 2.05) is 0 Å². The van der Waals surface area contributed by atoms with Crippen LogP contribution in [0.2, 0.25) is 0 Å². The van der Waals surface area contributed by atoms with Gasteiger partial charge in [-0.2, -0.15) is 0 Å². The van der Waals surface area contributed by atoms with Crippen molar-refractivity contribution in [2.24, 2.45) is 0 Å². The molecule has 1 N–H and O–H groups in total. The summed E-state index contributed by atoms with van der Waals surface area (Å²) in [4.78, 5) is -0.711. The fourth-order valence-electron chi connectivity index (χ4n) is 2.33. The van der Waals surface area contributed by atoms with Crippen LogP contribution in [0.25, 0.3) is 0 Å². The van der Waals surface area contributed by atoms with Crippen LogP contribution in [0, 0.1) is 0 Å². The average molecular weight is 275 g/mol. The largest absolute Gasteiger partial charge is 0.380 e. The lowest BCUT2D eigenvalue weighted by Crippen LogP contribution is -2.20. The van der Waals surface area contributed by atoms with Crippen molar-refractivity contribution in [3.63, 3.8) is 0 Å². The molecule has 0 aliphatic heterocycles. The number of hydrogen-bond donors (Lipinski definition) is 2. The van der Waals surface area contributed by atoms with E-state index in [4.69, 9.17) is 0 Å². The zero-order valence-electron chi connectivity index (χ0n) is 12.6. The van der Waals surface area contributed by atoms with Gasteiger partial charge in [-0.05, 0) is 25.7 Å². The van der Waals surface area contributed by atoms with Gasteiger partial charge in [-0.1, -0.05) is 71.6 Å². The minimum Gasteiger partial charge on any atom is -0.380 e. The van der Waals surface area contributed by atoms with Gasteiger partial charge in [0.1, 0.15) is 4.93 Å². The molecule has 1 atom stereocenters. The summed E-state index contributed by atoms with van der Waals surface area (Å²) >= 11 is 4.39. The van der Waals surface area contributed by atoms with Crippen LogP contribution in [0.5, 0.6) is 0 Å². The Bertz CT molecular complexity index is 168. The summed E-state index contributed by atoms with van der Waals surface area (Å²) in [6.07, 6.45) is 15.8. The summed E-state index contributed by atoms with van der Waals surface area (Å²) < 4.78 is 0. The number of unbranched alkanes of at least 4 members (excludes halogenated alkanes) is 9. The van der Waals surface area contributed by atoms with Gasteiger partial charge in [-0.25, -0.2) is 0 Å². The first kappa shape index (κ1) is 18.3. The standard InChI is InChI=1S/C16H34OS/c1-3-5-7-8-9-10-11-13-15-16(17,18)14-12-6-4-2/h17-18H,3-15H2,1-2H3. The number of rotatable bonds is 13. The summed E-state index contributed by atoms with van der Waals surface area (Å²) in [7, 11) is 0. The van der Waals surface area contributed by atoms with Crippen LogP contribution < -0.4 is 0 Å². The van der Waals surface area contributed by atoms with Gasteiger partial charge in [-0.15, -0.1) is 12.6 Å². The molecule has 0 heterocycles. The van der Waals surface area contributed by atoms with Crippen molar-refractivity contribution in [2.45, 2.75) is 102 Å². The number of aliphatic hydroxyl groups is 1. The second-order valence-corrected chi connectivity index (χ2v) is 6.50. The number of hydrogen-bond acceptors (Lipinski definition) is 2. The molecule has 0 fully saturated rings. The van der Waals surface area contributed by atoms with Crippen molar-refractivity contribution in [3.8, 4) is 0 Å². The highest BCUT2D eigenvalue weighted by Crippen LogP contribution is 2.26. The molecule has 1 nitrogen and oxygen atoms in total. The van der Waals surface area contributed by atoms with Crippen LogP contribution in [-0.2, 0) is 0 Å². The molecular weight excluding hydrogens is 240 g/mol. The van der Waals surface area contributed by atoms with Gasteiger partial charge in [0.2, 0.25) is 0 Å². The zero-order chi connectivity index (χ0) is 13.7. The van der Waals surface area contributed by atoms with Crippen molar-refractivity contribution < 1.29 is 5.11 Å². The molecule has 0 saturated heterocycles.